The maximum atomic E-state index is 9.72. The van der Waals surface area contributed by atoms with Crippen LogP contribution in [-0.2, 0) is 0 Å². The van der Waals surface area contributed by atoms with E-state index in [0.717, 1.165) is 0 Å². The standard InChI is InChI=1S/C17H34N2O/c1-14(2)18-12-17(8-4-5-9-17)13-19-10-6-16(7-11-19)15(3)20/h14-16,18,20H,4-13H2,1-3H3. The van der Waals surface area contributed by atoms with Crippen LogP contribution in [0.15, 0.2) is 0 Å². The number of nitrogens with zero attached hydrogens (tertiary/aromatic N) is 1. The molecule has 2 N–H and O–H groups in total. The van der Waals surface area contributed by atoms with Gasteiger partial charge in [-0.15, -0.1) is 0 Å². The summed E-state index contributed by atoms with van der Waals surface area (Å²) in [6.45, 7) is 11.2. The fourth-order valence-electron chi connectivity index (χ4n) is 4.00. The topological polar surface area (TPSA) is 35.5 Å². The van der Waals surface area contributed by atoms with Gasteiger partial charge in [0.15, 0.2) is 0 Å². The number of aliphatic hydroxyl groups is 1. The summed E-state index contributed by atoms with van der Waals surface area (Å²) in [4.78, 5) is 2.66. The van der Waals surface area contributed by atoms with Crippen molar-refractivity contribution in [1.29, 1.82) is 0 Å². The van der Waals surface area contributed by atoms with Gasteiger partial charge in [0.1, 0.15) is 0 Å². The van der Waals surface area contributed by atoms with Crippen molar-refractivity contribution in [3.63, 3.8) is 0 Å². The molecule has 2 rings (SSSR count). The van der Waals surface area contributed by atoms with Crippen molar-refractivity contribution >= 4 is 0 Å². The number of rotatable bonds is 6. The number of hydrogen-bond acceptors (Lipinski definition) is 3. The largest absolute Gasteiger partial charge is 0.393 e. The molecular weight excluding hydrogens is 248 g/mol. The lowest BCUT2D eigenvalue weighted by atomic mass is 9.83. The molecule has 1 atom stereocenters. The second-order valence-corrected chi connectivity index (χ2v) is 7.60. The number of likely N-dealkylation sites (tertiary alicyclic amines) is 1. The molecule has 2 fully saturated rings. The van der Waals surface area contributed by atoms with Crippen LogP contribution in [-0.4, -0.2) is 48.3 Å². The number of piperidine rings is 1. The minimum absolute atomic E-state index is 0.125. The number of nitrogens with one attached hydrogen (secondary N) is 1. The van der Waals surface area contributed by atoms with Crippen LogP contribution in [0.25, 0.3) is 0 Å². The molecule has 0 bridgehead atoms. The molecule has 0 amide bonds. The van der Waals surface area contributed by atoms with Gasteiger partial charge in [0.25, 0.3) is 0 Å². The molecule has 3 heteroatoms. The van der Waals surface area contributed by atoms with Crippen LogP contribution < -0.4 is 5.32 Å². The molecule has 118 valence electrons. The SMILES string of the molecule is CC(C)NCC1(CN2CCC(C(C)O)CC2)CCCC1. The van der Waals surface area contributed by atoms with Crippen LogP contribution in [0.5, 0.6) is 0 Å². The van der Waals surface area contributed by atoms with Gasteiger partial charge in [-0.2, -0.15) is 0 Å². The minimum atomic E-state index is -0.125. The van der Waals surface area contributed by atoms with Gasteiger partial charge in [0.05, 0.1) is 6.10 Å². The first-order valence-electron chi connectivity index (χ1n) is 8.65. The molecule has 3 nitrogen and oxygen atoms in total. The van der Waals surface area contributed by atoms with Crippen LogP contribution >= 0.6 is 0 Å². The van der Waals surface area contributed by atoms with E-state index < -0.39 is 0 Å². The van der Waals surface area contributed by atoms with Crippen molar-refractivity contribution in [3.8, 4) is 0 Å². The van der Waals surface area contributed by atoms with Crippen LogP contribution in [0.4, 0.5) is 0 Å². The van der Waals surface area contributed by atoms with Gasteiger partial charge in [-0.05, 0) is 57.0 Å². The third-order valence-corrected chi connectivity index (χ3v) is 5.42. The number of aliphatic hydroxyl groups excluding tert-OH is 1. The predicted octanol–water partition coefficient (Wildman–Crippen LogP) is 2.64. The average molecular weight is 282 g/mol. The van der Waals surface area contributed by atoms with Gasteiger partial charge in [0.2, 0.25) is 0 Å². The molecule has 1 saturated carbocycles. The van der Waals surface area contributed by atoms with E-state index in [-0.39, 0.29) is 6.10 Å². The highest BCUT2D eigenvalue weighted by molar-refractivity contribution is 4.91. The molecule has 1 heterocycles. The maximum Gasteiger partial charge on any atom is 0.0541 e. The third-order valence-electron chi connectivity index (χ3n) is 5.42. The molecule has 20 heavy (non-hydrogen) atoms. The Morgan fingerprint density at radius 2 is 1.75 bits per heavy atom. The lowest BCUT2D eigenvalue weighted by molar-refractivity contribution is 0.0526. The zero-order valence-corrected chi connectivity index (χ0v) is 13.7. The Morgan fingerprint density at radius 3 is 2.25 bits per heavy atom. The summed E-state index contributed by atoms with van der Waals surface area (Å²) in [6.07, 6.45) is 7.82. The summed E-state index contributed by atoms with van der Waals surface area (Å²) >= 11 is 0. The van der Waals surface area contributed by atoms with E-state index in [0.29, 0.717) is 17.4 Å². The Bertz CT molecular complexity index is 277. The first-order chi connectivity index (χ1) is 9.51. The summed E-state index contributed by atoms with van der Waals surface area (Å²) < 4.78 is 0. The summed E-state index contributed by atoms with van der Waals surface area (Å²) in [5, 5.41) is 13.4. The van der Waals surface area contributed by atoms with Gasteiger partial charge < -0.3 is 15.3 Å². The van der Waals surface area contributed by atoms with E-state index in [2.05, 4.69) is 24.1 Å². The van der Waals surface area contributed by atoms with Crippen molar-refractivity contribution in [1.82, 2.24) is 10.2 Å². The van der Waals surface area contributed by atoms with Crippen molar-refractivity contribution < 1.29 is 5.11 Å². The molecule has 2 aliphatic rings. The highest BCUT2D eigenvalue weighted by Gasteiger charge is 2.36. The Hall–Kier alpha value is -0.120. The van der Waals surface area contributed by atoms with Crippen molar-refractivity contribution in [2.75, 3.05) is 26.2 Å². The Kier molecular flexibility index (Phi) is 5.88. The van der Waals surface area contributed by atoms with Gasteiger partial charge in [-0.1, -0.05) is 26.7 Å². The van der Waals surface area contributed by atoms with E-state index in [1.165, 1.54) is 64.7 Å². The summed E-state index contributed by atoms with van der Waals surface area (Å²) in [5.74, 6) is 0.527. The maximum absolute atomic E-state index is 9.72. The van der Waals surface area contributed by atoms with Gasteiger partial charge >= 0.3 is 0 Å². The Balaban J connectivity index is 1.83. The van der Waals surface area contributed by atoms with Crippen LogP contribution in [0.3, 0.4) is 0 Å². The molecule has 0 aromatic carbocycles. The molecule has 1 unspecified atom stereocenters. The van der Waals surface area contributed by atoms with Crippen molar-refractivity contribution in [2.45, 2.75) is 71.4 Å². The first kappa shape index (κ1) is 16.3. The fraction of sp³-hybridized carbons (Fsp3) is 1.00. The Morgan fingerprint density at radius 1 is 1.15 bits per heavy atom. The molecule has 0 spiro atoms. The third kappa shape index (κ3) is 4.44. The smallest absolute Gasteiger partial charge is 0.0541 e. The molecule has 1 aliphatic heterocycles. The normalized spacial score (nSPS) is 26.2. The van der Waals surface area contributed by atoms with Crippen LogP contribution in [0.1, 0.15) is 59.3 Å². The summed E-state index contributed by atoms with van der Waals surface area (Å²) in [7, 11) is 0. The molecule has 0 aromatic heterocycles. The van der Waals surface area contributed by atoms with E-state index in [1.807, 2.05) is 6.92 Å². The molecule has 0 radical (unpaired) electrons. The van der Waals surface area contributed by atoms with Gasteiger partial charge in [0, 0.05) is 19.1 Å². The number of hydrogen-bond donors (Lipinski definition) is 2. The molecular formula is C17H34N2O. The fourth-order valence-corrected chi connectivity index (χ4v) is 4.00. The quantitative estimate of drug-likeness (QED) is 0.786. The molecule has 1 aliphatic carbocycles. The average Bonchev–Trinajstić information content (AvgIpc) is 2.86. The van der Waals surface area contributed by atoms with Crippen LogP contribution in [0, 0.1) is 11.3 Å². The van der Waals surface area contributed by atoms with Crippen molar-refractivity contribution in [2.24, 2.45) is 11.3 Å². The van der Waals surface area contributed by atoms with Gasteiger partial charge in [-0.25, -0.2) is 0 Å². The van der Waals surface area contributed by atoms with E-state index in [9.17, 15) is 5.11 Å². The highest BCUT2D eigenvalue weighted by Crippen LogP contribution is 2.39. The summed E-state index contributed by atoms with van der Waals surface area (Å²) in [5.41, 5.74) is 0.516. The second kappa shape index (κ2) is 7.24. The zero-order valence-electron chi connectivity index (χ0n) is 13.7. The zero-order chi connectivity index (χ0) is 14.6. The lowest BCUT2D eigenvalue weighted by Gasteiger charge is -2.40. The lowest BCUT2D eigenvalue weighted by Crippen LogP contribution is -2.47. The van der Waals surface area contributed by atoms with Gasteiger partial charge in [-0.3, -0.25) is 0 Å². The Labute approximate surface area is 125 Å². The second-order valence-electron chi connectivity index (χ2n) is 7.60. The predicted molar refractivity (Wildman–Crippen MR) is 84.9 cm³/mol. The molecule has 1 saturated heterocycles. The van der Waals surface area contributed by atoms with Crippen LogP contribution in [0.2, 0.25) is 0 Å². The minimum Gasteiger partial charge on any atom is -0.393 e. The molecule has 0 aromatic rings. The van der Waals surface area contributed by atoms with E-state index in [1.54, 1.807) is 0 Å². The summed E-state index contributed by atoms with van der Waals surface area (Å²) in [6, 6.07) is 0.591. The van der Waals surface area contributed by atoms with E-state index in [4.69, 9.17) is 0 Å². The monoisotopic (exact) mass is 282 g/mol. The van der Waals surface area contributed by atoms with Crippen molar-refractivity contribution in [3.05, 3.63) is 0 Å². The first-order valence-corrected chi connectivity index (χ1v) is 8.65. The highest BCUT2D eigenvalue weighted by atomic mass is 16.3. The van der Waals surface area contributed by atoms with E-state index >= 15 is 0 Å².